The molecule has 0 radical (unpaired) electrons. The van der Waals surface area contributed by atoms with Gasteiger partial charge in [0.05, 0.1) is 5.52 Å². The van der Waals surface area contributed by atoms with Crippen LogP contribution >= 0.6 is 11.3 Å². The lowest BCUT2D eigenvalue weighted by atomic mass is 10.0. The van der Waals surface area contributed by atoms with Crippen molar-refractivity contribution in [3.05, 3.63) is 58.6 Å². The highest BCUT2D eigenvalue weighted by Crippen LogP contribution is 2.27. The Bertz CT molecular complexity index is 1280. The fourth-order valence-corrected chi connectivity index (χ4v) is 4.39. The van der Waals surface area contributed by atoms with Gasteiger partial charge < -0.3 is 11.1 Å². The molecule has 0 saturated heterocycles. The molecular formula is C22H24N8S. The summed E-state index contributed by atoms with van der Waals surface area (Å²) in [6.45, 7) is 1.86. The van der Waals surface area contributed by atoms with Crippen LogP contribution in [0.4, 0.5) is 0 Å². The van der Waals surface area contributed by atoms with Gasteiger partial charge in [0.1, 0.15) is 5.01 Å². The normalized spacial score (nSPS) is 14.9. The minimum absolute atomic E-state index is 0.649. The summed E-state index contributed by atoms with van der Waals surface area (Å²) >= 11 is 1.59. The quantitative estimate of drug-likeness (QED) is 0.415. The average Bonchev–Trinajstić information content (AvgIpc) is 3.41. The van der Waals surface area contributed by atoms with Gasteiger partial charge in [-0.1, -0.05) is 17.4 Å². The molecule has 0 aliphatic heterocycles. The monoisotopic (exact) mass is 432 g/mol. The van der Waals surface area contributed by atoms with E-state index < -0.39 is 0 Å². The third-order valence-electron chi connectivity index (χ3n) is 5.39. The number of pyridine rings is 1. The Labute approximate surface area is 183 Å². The third kappa shape index (κ3) is 4.33. The number of nitrogens with zero attached hydrogens (tertiary/aromatic N) is 6. The Kier molecular flexibility index (Phi) is 5.44. The van der Waals surface area contributed by atoms with E-state index in [1.54, 1.807) is 30.8 Å². The predicted molar refractivity (Wildman–Crippen MR) is 124 cm³/mol. The standard InChI is InChI=1S/C22H24N8S/c1-24-11-18(9-23)17-8-16-6-15(4-5-19(16)26-12-17)7-20-27-28-22-30(20)29-21(31-22)13-25-10-14-2-3-14/h4-6,8-9,11-12,14,25H,2-3,7,10,13,23H2,1H3/b18-9+,24-11?. The van der Waals surface area contributed by atoms with E-state index in [-0.39, 0.29) is 0 Å². The zero-order valence-electron chi connectivity index (χ0n) is 17.3. The van der Waals surface area contributed by atoms with Crippen LogP contribution in [0.2, 0.25) is 0 Å². The maximum Gasteiger partial charge on any atom is 0.234 e. The van der Waals surface area contributed by atoms with Gasteiger partial charge in [-0.05, 0) is 49.1 Å². The second-order valence-electron chi connectivity index (χ2n) is 7.82. The van der Waals surface area contributed by atoms with Crippen LogP contribution < -0.4 is 11.1 Å². The van der Waals surface area contributed by atoms with E-state index in [9.17, 15) is 0 Å². The minimum atomic E-state index is 0.649. The number of rotatable bonds is 8. The molecule has 1 fully saturated rings. The van der Waals surface area contributed by atoms with Crippen LogP contribution in [0.15, 0.2) is 41.7 Å². The Hall–Kier alpha value is -3.17. The van der Waals surface area contributed by atoms with Crippen LogP contribution in [0, 0.1) is 5.92 Å². The third-order valence-corrected chi connectivity index (χ3v) is 6.29. The Morgan fingerprint density at radius 2 is 2.23 bits per heavy atom. The number of allylic oxidation sites excluding steroid dienone is 1. The first kappa shape index (κ1) is 19.8. The van der Waals surface area contributed by atoms with Crippen molar-refractivity contribution in [2.24, 2.45) is 16.6 Å². The van der Waals surface area contributed by atoms with Crippen molar-refractivity contribution in [2.45, 2.75) is 25.8 Å². The molecule has 0 atom stereocenters. The van der Waals surface area contributed by atoms with Crippen LogP contribution in [0.1, 0.15) is 34.8 Å². The molecule has 4 aromatic rings. The molecule has 9 heteroatoms. The van der Waals surface area contributed by atoms with Crippen molar-refractivity contribution in [2.75, 3.05) is 13.6 Å². The first-order valence-corrected chi connectivity index (χ1v) is 11.2. The van der Waals surface area contributed by atoms with Crippen molar-refractivity contribution in [3.8, 4) is 0 Å². The number of fused-ring (bicyclic) bond motifs is 2. The lowest BCUT2D eigenvalue weighted by molar-refractivity contribution is 0.629. The van der Waals surface area contributed by atoms with E-state index >= 15 is 0 Å². The molecule has 1 aliphatic rings. The number of hydrogen-bond donors (Lipinski definition) is 2. The smallest absolute Gasteiger partial charge is 0.234 e. The molecule has 0 amide bonds. The van der Waals surface area contributed by atoms with Crippen LogP contribution in [0.25, 0.3) is 21.4 Å². The topological polar surface area (TPSA) is 106 Å². The molecule has 1 saturated carbocycles. The Balaban J connectivity index is 1.37. The van der Waals surface area contributed by atoms with Gasteiger partial charge >= 0.3 is 0 Å². The largest absolute Gasteiger partial charge is 0.404 e. The molecule has 3 N–H and O–H groups in total. The van der Waals surface area contributed by atoms with Gasteiger partial charge in [-0.2, -0.15) is 9.61 Å². The summed E-state index contributed by atoms with van der Waals surface area (Å²) in [6.07, 6.45) is 8.45. The summed E-state index contributed by atoms with van der Waals surface area (Å²) in [4.78, 5) is 9.46. The zero-order valence-corrected chi connectivity index (χ0v) is 18.1. The molecule has 0 spiro atoms. The molecule has 1 aliphatic carbocycles. The maximum absolute atomic E-state index is 5.75. The molecule has 1 aromatic carbocycles. The maximum atomic E-state index is 5.75. The van der Waals surface area contributed by atoms with Crippen molar-refractivity contribution >= 4 is 39.0 Å². The number of nitrogens with one attached hydrogen (secondary N) is 1. The van der Waals surface area contributed by atoms with Crippen molar-refractivity contribution in [3.63, 3.8) is 0 Å². The summed E-state index contributed by atoms with van der Waals surface area (Å²) in [5.74, 6) is 1.69. The highest BCUT2D eigenvalue weighted by molar-refractivity contribution is 7.16. The van der Waals surface area contributed by atoms with E-state index in [0.717, 1.165) is 62.4 Å². The minimum Gasteiger partial charge on any atom is -0.404 e. The Morgan fingerprint density at radius 3 is 3.03 bits per heavy atom. The van der Waals surface area contributed by atoms with E-state index in [1.807, 2.05) is 16.8 Å². The van der Waals surface area contributed by atoms with Crippen molar-refractivity contribution in [1.82, 2.24) is 30.1 Å². The summed E-state index contributed by atoms with van der Waals surface area (Å²) < 4.78 is 1.87. The predicted octanol–water partition coefficient (Wildman–Crippen LogP) is 2.82. The molecule has 158 valence electrons. The van der Waals surface area contributed by atoms with E-state index in [0.29, 0.717) is 6.42 Å². The molecule has 8 nitrogen and oxygen atoms in total. The van der Waals surface area contributed by atoms with E-state index in [1.165, 1.54) is 12.8 Å². The van der Waals surface area contributed by atoms with Gasteiger partial charge in [0, 0.05) is 55.1 Å². The molecule has 31 heavy (non-hydrogen) atoms. The number of hydrogen-bond acceptors (Lipinski definition) is 8. The molecule has 0 bridgehead atoms. The van der Waals surface area contributed by atoms with E-state index in [2.05, 4.69) is 43.7 Å². The highest BCUT2D eigenvalue weighted by atomic mass is 32.1. The number of aromatic nitrogens is 5. The van der Waals surface area contributed by atoms with E-state index in [4.69, 9.17) is 10.8 Å². The van der Waals surface area contributed by atoms with Gasteiger partial charge in [0.2, 0.25) is 4.96 Å². The SMILES string of the molecule is CN=C/C(=C\N)c1cnc2ccc(Cc3nnc4sc(CNCC5CC5)nn34)cc2c1. The first-order chi connectivity index (χ1) is 15.2. The lowest BCUT2D eigenvalue weighted by Crippen LogP contribution is -2.16. The molecule has 3 heterocycles. The van der Waals surface area contributed by atoms with Crippen LogP contribution in [-0.4, -0.2) is 44.6 Å². The summed E-state index contributed by atoms with van der Waals surface area (Å²) in [5, 5.41) is 19.0. The highest BCUT2D eigenvalue weighted by Gasteiger charge is 2.20. The second kappa shape index (κ2) is 8.52. The fourth-order valence-electron chi connectivity index (χ4n) is 3.57. The van der Waals surface area contributed by atoms with Crippen LogP contribution in [-0.2, 0) is 13.0 Å². The molecular weight excluding hydrogens is 408 g/mol. The number of benzene rings is 1. The number of aliphatic imine (C=N–C) groups is 1. The molecule has 5 rings (SSSR count). The van der Waals surface area contributed by atoms with Gasteiger partial charge in [0.25, 0.3) is 0 Å². The van der Waals surface area contributed by atoms with Gasteiger partial charge in [-0.15, -0.1) is 10.2 Å². The fraction of sp³-hybridized carbons (Fsp3) is 0.318. The number of nitrogens with two attached hydrogens (primary N) is 1. The van der Waals surface area contributed by atoms with Gasteiger partial charge in [-0.3, -0.25) is 9.98 Å². The van der Waals surface area contributed by atoms with Crippen LogP contribution in [0.3, 0.4) is 0 Å². The zero-order chi connectivity index (χ0) is 21.2. The van der Waals surface area contributed by atoms with Crippen molar-refractivity contribution in [1.29, 1.82) is 0 Å². The van der Waals surface area contributed by atoms with Gasteiger partial charge in [-0.25, -0.2) is 0 Å². The average molecular weight is 433 g/mol. The first-order valence-electron chi connectivity index (χ1n) is 10.4. The van der Waals surface area contributed by atoms with Crippen LogP contribution in [0.5, 0.6) is 0 Å². The summed E-state index contributed by atoms with van der Waals surface area (Å²) in [5.41, 5.74) is 9.58. The molecule has 3 aromatic heterocycles. The second-order valence-corrected chi connectivity index (χ2v) is 8.86. The lowest BCUT2D eigenvalue weighted by Gasteiger charge is -2.06. The Morgan fingerprint density at radius 1 is 1.32 bits per heavy atom. The van der Waals surface area contributed by atoms with Crippen molar-refractivity contribution < 1.29 is 0 Å². The summed E-state index contributed by atoms with van der Waals surface area (Å²) in [6, 6.07) is 8.32. The molecule has 0 unspecified atom stereocenters. The van der Waals surface area contributed by atoms with Gasteiger partial charge in [0.15, 0.2) is 5.82 Å². The summed E-state index contributed by atoms with van der Waals surface area (Å²) in [7, 11) is 1.72.